The molecule has 0 aromatic heterocycles. The molecule has 0 aliphatic rings. The molecule has 0 aromatic rings. The van der Waals surface area contributed by atoms with Crippen LogP contribution in [0.2, 0.25) is 0 Å². The molecule has 332 valence electrons. The summed E-state index contributed by atoms with van der Waals surface area (Å²) in [5, 5.41) is 18.6. The van der Waals surface area contributed by atoms with Gasteiger partial charge in [-0.3, -0.25) is 23.4 Å². The highest BCUT2D eigenvalue weighted by Gasteiger charge is 2.28. The normalized spacial score (nSPS) is 15.3. The Morgan fingerprint density at radius 1 is 0.627 bits per heavy atom. The van der Waals surface area contributed by atoms with Crippen LogP contribution in [0.4, 0.5) is 0 Å². The Kier molecular flexibility index (Phi) is 36.9. The van der Waals surface area contributed by atoms with Gasteiger partial charge < -0.3 is 30.3 Å². The number of phosphoric ester groups is 1. The molecule has 0 saturated heterocycles. The number of nitrogens with two attached hydrogens (primary N) is 1. The van der Waals surface area contributed by atoms with Gasteiger partial charge in [0.2, 0.25) is 0 Å². The van der Waals surface area contributed by atoms with Gasteiger partial charge in [0.25, 0.3) is 0 Å². The van der Waals surface area contributed by atoms with Crippen molar-refractivity contribution in [3.8, 4) is 0 Å². The smallest absolute Gasteiger partial charge is 0.472 e. The van der Waals surface area contributed by atoms with E-state index < -0.39 is 63.8 Å². The number of aliphatic hydroxyl groups excluding tert-OH is 1. The number of carbonyl (C=O) groups excluding carboxylic acids is 2. The van der Waals surface area contributed by atoms with Gasteiger partial charge in [-0.1, -0.05) is 136 Å². The minimum Gasteiger partial charge on any atom is -0.480 e. The van der Waals surface area contributed by atoms with Gasteiger partial charge >= 0.3 is 25.7 Å². The lowest BCUT2D eigenvalue weighted by molar-refractivity contribution is -0.161. The Morgan fingerprint density at radius 2 is 1.12 bits per heavy atom. The average molecular weight is 846 g/mol. The lowest BCUT2D eigenvalue weighted by Crippen LogP contribution is -2.34. The monoisotopic (exact) mass is 845 g/mol. The molecule has 12 nitrogen and oxygen atoms in total. The van der Waals surface area contributed by atoms with E-state index in [1.54, 1.807) is 6.08 Å². The van der Waals surface area contributed by atoms with Crippen LogP contribution in [0.5, 0.6) is 0 Å². The number of phosphoric acid groups is 1. The minimum absolute atomic E-state index is 0.0463. The first-order valence-electron chi connectivity index (χ1n) is 21.0. The number of hydrogen-bond acceptors (Lipinski definition) is 10. The molecule has 13 heteroatoms. The van der Waals surface area contributed by atoms with E-state index in [1.807, 2.05) is 73.8 Å². The number of carboxylic acids is 1. The van der Waals surface area contributed by atoms with Crippen molar-refractivity contribution in [2.45, 2.75) is 141 Å². The first-order valence-corrected chi connectivity index (χ1v) is 22.5. The van der Waals surface area contributed by atoms with Crippen molar-refractivity contribution in [3.05, 3.63) is 109 Å². The molecule has 4 atom stereocenters. The molecule has 0 heterocycles. The van der Waals surface area contributed by atoms with Crippen LogP contribution < -0.4 is 5.73 Å². The maximum atomic E-state index is 12.6. The van der Waals surface area contributed by atoms with Gasteiger partial charge in [0.1, 0.15) is 12.6 Å². The topological polar surface area (TPSA) is 192 Å². The summed E-state index contributed by atoms with van der Waals surface area (Å²) >= 11 is 0. The summed E-state index contributed by atoms with van der Waals surface area (Å²) in [5.41, 5.74) is 5.32. The number of hydrogen-bond donors (Lipinski definition) is 4. The number of rotatable bonds is 37. The van der Waals surface area contributed by atoms with Crippen molar-refractivity contribution in [2.75, 3.05) is 19.8 Å². The van der Waals surface area contributed by atoms with Crippen LogP contribution in [0.1, 0.15) is 123 Å². The first-order chi connectivity index (χ1) is 28.5. The van der Waals surface area contributed by atoms with E-state index >= 15 is 0 Å². The Labute approximate surface area is 353 Å². The summed E-state index contributed by atoms with van der Waals surface area (Å²) in [4.78, 5) is 45.9. The fraction of sp³-hybridized carbons (Fsp3) is 0.543. The van der Waals surface area contributed by atoms with Gasteiger partial charge in [-0.25, -0.2) is 4.57 Å². The second-order valence-electron chi connectivity index (χ2n) is 13.6. The highest BCUT2D eigenvalue weighted by molar-refractivity contribution is 7.47. The Bertz CT molecular complexity index is 1430. The number of aliphatic carboxylic acids is 1. The lowest BCUT2D eigenvalue weighted by atomic mass is 10.2. The summed E-state index contributed by atoms with van der Waals surface area (Å²) < 4.78 is 32.5. The number of aliphatic hydroxyl groups is 1. The van der Waals surface area contributed by atoms with E-state index in [4.69, 9.17) is 24.8 Å². The highest BCUT2D eigenvalue weighted by Crippen LogP contribution is 2.43. The van der Waals surface area contributed by atoms with E-state index in [1.165, 1.54) is 19.3 Å². The Hall–Kier alpha value is -3.90. The number of carboxylic acid groups (broad SMARTS) is 1. The molecular formula is C46H72NO11P. The molecule has 0 saturated carbocycles. The van der Waals surface area contributed by atoms with E-state index in [0.29, 0.717) is 32.1 Å². The number of esters is 2. The van der Waals surface area contributed by atoms with E-state index in [2.05, 4.69) is 47.9 Å². The fourth-order valence-electron chi connectivity index (χ4n) is 4.76. The zero-order valence-corrected chi connectivity index (χ0v) is 36.3. The maximum absolute atomic E-state index is 12.6. The molecular weight excluding hydrogens is 773 g/mol. The Morgan fingerprint density at radius 3 is 1.66 bits per heavy atom. The van der Waals surface area contributed by atoms with Crippen LogP contribution in [0.15, 0.2) is 109 Å². The van der Waals surface area contributed by atoms with Crippen LogP contribution in [-0.2, 0) is 37.5 Å². The van der Waals surface area contributed by atoms with Crippen LogP contribution in [0, 0.1) is 0 Å². The summed E-state index contributed by atoms with van der Waals surface area (Å²) in [6.45, 7) is 2.38. The first kappa shape index (κ1) is 55.1. The van der Waals surface area contributed by atoms with Crippen LogP contribution in [0.25, 0.3) is 0 Å². The predicted molar refractivity (Wildman–Crippen MR) is 236 cm³/mol. The zero-order chi connectivity index (χ0) is 43.7. The Balaban J connectivity index is 4.64. The molecule has 0 fully saturated rings. The summed E-state index contributed by atoms with van der Waals surface area (Å²) in [5.74, 6) is -2.58. The van der Waals surface area contributed by atoms with Crippen LogP contribution in [-0.4, -0.2) is 71.1 Å². The summed E-state index contributed by atoms with van der Waals surface area (Å²) in [6.07, 6.45) is 48.0. The van der Waals surface area contributed by atoms with Gasteiger partial charge in [-0.05, 0) is 83.5 Å². The number of allylic oxidation sites excluding steroid dienone is 16. The third kappa shape index (κ3) is 39.3. The maximum Gasteiger partial charge on any atom is 0.472 e. The van der Waals surface area contributed by atoms with Gasteiger partial charge in [-0.2, -0.15) is 0 Å². The third-order valence-electron chi connectivity index (χ3n) is 8.08. The number of carbonyl (C=O) groups is 3. The largest absolute Gasteiger partial charge is 0.480 e. The third-order valence-corrected chi connectivity index (χ3v) is 9.03. The van der Waals surface area contributed by atoms with Gasteiger partial charge in [0.05, 0.1) is 19.3 Å². The molecule has 0 rings (SSSR count). The van der Waals surface area contributed by atoms with Crippen LogP contribution >= 0.6 is 7.82 Å². The average Bonchev–Trinajstić information content (AvgIpc) is 3.21. The van der Waals surface area contributed by atoms with E-state index in [0.717, 1.165) is 44.9 Å². The van der Waals surface area contributed by atoms with Crippen LogP contribution in [0.3, 0.4) is 0 Å². The molecule has 2 unspecified atom stereocenters. The van der Waals surface area contributed by atoms with Crippen molar-refractivity contribution < 1.29 is 52.6 Å². The lowest BCUT2D eigenvalue weighted by Gasteiger charge is -2.20. The second kappa shape index (κ2) is 39.6. The van der Waals surface area contributed by atoms with E-state index in [-0.39, 0.29) is 12.8 Å². The zero-order valence-electron chi connectivity index (χ0n) is 35.4. The molecule has 5 N–H and O–H groups in total. The van der Waals surface area contributed by atoms with Crippen molar-refractivity contribution in [1.29, 1.82) is 0 Å². The molecule has 0 aliphatic carbocycles. The fourth-order valence-corrected chi connectivity index (χ4v) is 5.54. The summed E-state index contributed by atoms with van der Waals surface area (Å²) in [7, 11) is -4.76. The van der Waals surface area contributed by atoms with Crippen molar-refractivity contribution >= 4 is 25.7 Å². The predicted octanol–water partition coefficient (Wildman–Crippen LogP) is 10.0. The molecule has 0 amide bonds. The minimum atomic E-state index is -4.76. The van der Waals surface area contributed by atoms with Gasteiger partial charge in [0.15, 0.2) is 6.10 Å². The second-order valence-corrected chi connectivity index (χ2v) is 15.0. The molecule has 0 bridgehead atoms. The molecule has 0 spiro atoms. The molecule has 0 aliphatic heterocycles. The summed E-state index contributed by atoms with van der Waals surface area (Å²) in [6, 6.07) is -1.55. The number of unbranched alkanes of at least 4 members (excludes halogenated alkanes) is 5. The molecule has 59 heavy (non-hydrogen) atoms. The van der Waals surface area contributed by atoms with Crippen molar-refractivity contribution in [2.24, 2.45) is 5.73 Å². The standard InChI is InChI=1S/C46H72NO11P/c1-3-5-7-8-9-10-11-12-13-14-15-16-20-23-26-29-32-36-44(49)55-38-42(39-56-59(53,54)57-40-43(47)46(51)52)58-45(50)37-33-30-27-24-21-18-17-19-22-25-28-31-35-41(48)34-6-4-2/h6,9-10,12-13,15-18,22-28,31,34,41-43,48H,3-5,7-8,11,14,19-21,29-30,32-33,35-40,47H2,1-2H3,(H,51,52)(H,53,54)/b10-9-,13-12-,16-15-,18-17-,25-22-,26-23-,27-24-,31-28+,34-6-/t41?,42-,43+/m1/s1. The SMILES string of the molecule is CC/C=C\C(O)C/C=C/C=C\C/C=C\C/C=C\CCCC(=O)O[C@H](COC(=O)CCC/C=C\C/C=C\C/C=C\C/C=C\CCCCC)COP(=O)(O)OC[C@H](N)C(=O)O. The van der Waals surface area contributed by atoms with Gasteiger partial charge in [0, 0.05) is 12.8 Å². The molecule has 0 aromatic carbocycles. The number of ether oxygens (including phenoxy) is 2. The van der Waals surface area contributed by atoms with Crippen molar-refractivity contribution in [1.82, 2.24) is 0 Å². The van der Waals surface area contributed by atoms with E-state index in [9.17, 15) is 28.9 Å². The van der Waals surface area contributed by atoms with Crippen molar-refractivity contribution in [3.63, 3.8) is 0 Å². The van der Waals surface area contributed by atoms with Gasteiger partial charge in [-0.15, -0.1) is 0 Å². The highest BCUT2D eigenvalue weighted by atomic mass is 31.2. The molecule has 0 radical (unpaired) electrons. The quantitative estimate of drug-likeness (QED) is 0.0152.